The molecule has 5 atom stereocenters. The number of anilines is 1. The van der Waals surface area contributed by atoms with E-state index in [0.717, 1.165) is 0 Å². The number of hydrogen-bond acceptors (Lipinski definition) is 3. The molecule has 1 aromatic carbocycles. The molecule has 3 aliphatic rings. The second kappa shape index (κ2) is 5.19. The van der Waals surface area contributed by atoms with E-state index in [-0.39, 0.29) is 11.9 Å². The number of aliphatic carboxylic acids is 1. The van der Waals surface area contributed by atoms with Gasteiger partial charge in [-0.15, -0.1) is 6.58 Å². The normalized spacial score (nSPS) is 36.2. The summed E-state index contributed by atoms with van der Waals surface area (Å²) in [4.78, 5) is 26.5. The number of benzene rings is 1. The quantitative estimate of drug-likeness (QED) is 0.852. The summed E-state index contributed by atoms with van der Waals surface area (Å²) in [7, 11) is 0. The summed E-state index contributed by atoms with van der Waals surface area (Å²) in [6.45, 7) is 3.78. The molecule has 2 bridgehead atoms. The number of para-hydroxylation sites is 1. The van der Waals surface area contributed by atoms with Crippen LogP contribution in [-0.4, -0.2) is 34.7 Å². The smallest absolute Gasteiger partial charge is 0.310 e. The van der Waals surface area contributed by atoms with Crippen LogP contribution in [0.4, 0.5) is 5.69 Å². The van der Waals surface area contributed by atoms with E-state index in [4.69, 9.17) is 16.3 Å². The van der Waals surface area contributed by atoms with Crippen molar-refractivity contribution in [3.8, 4) is 0 Å². The molecule has 0 saturated carbocycles. The summed E-state index contributed by atoms with van der Waals surface area (Å²) in [6, 6.07) is 6.70. The maximum absolute atomic E-state index is 13.2. The Bertz CT molecular complexity index is 776. The van der Waals surface area contributed by atoms with E-state index in [9.17, 15) is 14.7 Å². The second-order valence-corrected chi connectivity index (χ2v) is 6.74. The summed E-state index contributed by atoms with van der Waals surface area (Å²) in [5.74, 6) is -2.88. The SMILES string of the molecule is C=CC[C@H]1N(c2ccccc2Cl)C(=O)[C@H]2[C@H](C(=O)O)[C@@H]3C=C[C@@]21O3. The number of nitrogens with zero attached hydrogens (tertiary/aromatic N) is 1. The summed E-state index contributed by atoms with van der Waals surface area (Å²) in [5, 5.41) is 10.0. The minimum atomic E-state index is -1.01. The fraction of sp³-hybridized carbons (Fsp3) is 0.333. The predicted octanol–water partition coefficient (Wildman–Crippen LogP) is 2.66. The van der Waals surface area contributed by atoms with Gasteiger partial charge in [-0.2, -0.15) is 0 Å². The highest BCUT2D eigenvalue weighted by atomic mass is 35.5. The maximum Gasteiger partial charge on any atom is 0.310 e. The van der Waals surface area contributed by atoms with Crippen molar-refractivity contribution in [2.75, 3.05) is 4.90 Å². The first-order valence-corrected chi connectivity index (χ1v) is 8.17. The minimum absolute atomic E-state index is 0.255. The molecule has 2 saturated heterocycles. The number of rotatable bonds is 4. The molecular weight excluding hydrogens is 330 g/mol. The largest absolute Gasteiger partial charge is 0.481 e. The fourth-order valence-electron chi connectivity index (χ4n) is 4.31. The zero-order valence-electron chi connectivity index (χ0n) is 12.8. The number of carboxylic acids is 1. The van der Waals surface area contributed by atoms with Crippen molar-refractivity contribution < 1.29 is 19.4 Å². The van der Waals surface area contributed by atoms with Crippen molar-refractivity contribution in [2.24, 2.45) is 11.8 Å². The Morgan fingerprint density at radius 2 is 2.21 bits per heavy atom. The number of amides is 1. The molecule has 1 spiro atoms. The van der Waals surface area contributed by atoms with Gasteiger partial charge in [0.2, 0.25) is 5.91 Å². The molecule has 2 fully saturated rings. The van der Waals surface area contributed by atoms with Gasteiger partial charge in [0, 0.05) is 0 Å². The van der Waals surface area contributed by atoms with Crippen molar-refractivity contribution >= 4 is 29.2 Å². The standard InChI is InChI=1S/C18H16ClNO4/c1-2-5-13-18-9-8-12(24-18)14(17(22)23)15(18)16(21)20(13)11-7-4-3-6-10(11)19/h2-4,6-9,12-15H,1,5H2,(H,22,23)/t12-,13+,14+,15+,18-/m0/s1. The van der Waals surface area contributed by atoms with Gasteiger partial charge in [-0.1, -0.05) is 42.0 Å². The summed E-state index contributed by atoms with van der Waals surface area (Å²) in [5.41, 5.74) is -0.359. The van der Waals surface area contributed by atoms with Crippen molar-refractivity contribution in [1.29, 1.82) is 0 Å². The van der Waals surface area contributed by atoms with Crippen LogP contribution >= 0.6 is 11.6 Å². The van der Waals surface area contributed by atoms with Gasteiger partial charge in [-0.3, -0.25) is 9.59 Å². The molecule has 24 heavy (non-hydrogen) atoms. The molecule has 1 aromatic rings. The Labute approximate surface area is 144 Å². The summed E-state index contributed by atoms with van der Waals surface area (Å²) >= 11 is 6.29. The zero-order chi connectivity index (χ0) is 17.1. The van der Waals surface area contributed by atoms with Crippen LogP contribution in [0.5, 0.6) is 0 Å². The van der Waals surface area contributed by atoms with Crippen molar-refractivity contribution in [3.63, 3.8) is 0 Å². The Morgan fingerprint density at radius 1 is 1.46 bits per heavy atom. The molecule has 1 amide bonds. The summed E-state index contributed by atoms with van der Waals surface area (Å²) < 4.78 is 6.04. The van der Waals surface area contributed by atoms with Gasteiger partial charge < -0.3 is 14.7 Å². The highest BCUT2D eigenvalue weighted by molar-refractivity contribution is 6.34. The Morgan fingerprint density at radius 3 is 2.88 bits per heavy atom. The molecule has 0 aromatic heterocycles. The monoisotopic (exact) mass is 345 g/mol. The first-order chi connectivity index (χ1) is 11.5. The molecule has 0 radical (unpaired) electrons. The van der Waals surface area contributed by atoms with Crippen LogP contribution < -0.4 is 4.90 Å². The van der Waals surface area contributed by atoms with E-state index in [0.29, 0.717) is 17.1 Å². The van der Waals surface area contributed by atoms with Crippen molar-refractivity contribution in [3.05, 3.63) is 54.1 Å². The highest BCUT2D eigenvalue weighted by Crippen LogP contribution is 2.56. The molecule has 0 unspecified atom stereocenters. The average molecular weight is 346 g/mol. The number of ether oxygens (including phenoxy) is 1. The first kappa shape index (κ1) is 15.4. The van der Waals surface area contributed by atoms with Gasteiger partial charge in [-0.25, -0.2) is 0 Å². The summed E-state index contributed by atoms with van der Waals surface area (Å²) in [6.07, 6.45) is 5.26. The topological polar surface area (TPSA) is 66.8 Å². The predicted molar refractivity (Wildman–Crippen MR) is 88.9 cm³/mol. The third kappa shape index (κ3) is 1.79. The van der Waals surface area contributed by atoms with Crippen LogP contribution in [0.3, 0.4) is 0 Å². The van der Waals surface area contributed by atoms with E-state index in [1.165, 1.54) is 0 Å². The first-order valence-electron chi connectivity index (χ1n) is 7.79. The molecular formula is C18H16ClNO4. The number of carboxylic acid groups (broad SMARTS) is 1. The molecule has 0 aliphatic carbocycles. The highest BCUT2D eigenvalue weighted by Gasteiger charge is 2.71. The Hall–Kier alpha value is -2.11. The Kier molecular flexibility index (Phi) is 3.34. The van der Waals surface area contributed by atoms with Crippen LogP contribution in [0.15, 0.2) is 49.1 Å². The van der Waals surface area contributed by atoms with E-state index in [1.807, 2.05) is 6.08 Å². The average Bonchev–Trinajstić information content (AvgIpc) is 3.18. The van der Waals surface area contributed by atoms with Crippen LogP contribution in [0.25, 0.3) is 0 Å². The lowest BCUT2D eigenvalue weighted by Gasteiger charge is -2.32. The van der Waals surface area contributed by atoms with Gasteiger partial charge in [0.1, 0.15) is 11.5 Å². The molecule has 3 heterocycles. The maximum atomic E-state index is 13.2. The number of carbonyl (C=O) groups excluding carboxylic acids is 1. The minimum Gasteiger partial charge on any atom is -0.481 e. The lowest BCUT2D eigenvalue weighted by molar-refractivity contribution is -0.146. The van der Waals surface area contributed by atoms with E-state index in [2.05, 4.69) is 6.58 Å². The van der Waals surface area contributed by atoms with Crippen molar-refractivity contribution in [2.45, 2.75) is 24.2 Å². The molecule has 3 aliphatic heterocycles. The second-order valence-electron chi connectivity index (χ2n) is 6.34. The van der Waals surface area contributed by atoms with Gasteiger partial charge in [0.15, 0.2) is 0 Å². The third-order valence-corrected chi connectivity index (χ3v) is 5.53. The van der Waals surface area contributed by atoms with Crippen LogP contribution in [-0.2, 0) is 14.3 Å². The van der Waals surface area contributed by atoms with Crippen LogP contribution in [0.2, 0.25) is 5.02 Å². The van der Waals surface area contributed by atoms with Crippen LogP contribution in [0.1, 0.15) is 6.42 Å². The number of hydrogen-bond donors (Lipinski definition) is 1. The third-order valence-electron chi connectivity index (χ3n) is 5.21. The van der Waals surface area contributed by atoms with Gasteiger partial charge in [0.05, 0.1) is 28.8 Å². The van der Waals surface area contributed by atoms with E-state index < -0.39 is 29.5 Å². The van der Waals surface area contributed by atoms with E-state index >= 15 is 0 Å². The van der Waals surface area contributed by atoms with E-state index in [1.54, 1.807) is 41.3 Å². The molecule has 124 valence electrons. The lowest BCUT2D eigenvalue weighted by atomic mass is 9.74. The number of fused-ring (bicyclic) bond motifs is 1. The molecule has 4 rings (SSSR count). The number of carbonyl (C=O) groups is 2. The van der Waals surface area contributed by atoms with Gasteiger partial charge >= 0.3 is 5.97 Å². The molecule has 6 heteroatoms. The number of halogens is 1. The zero-order valence-corrected chi connectivity index (χ0v) is 13.5. The Balaban J connectivity index is 1.87. The van der Waals surface area contributed by atoms with Crippen LogP contribution in [0, 0.1) is 11.8 Å². The fourth-order valence-corrected chi connectivity index (χ4v) is 4.54. The van der Waals surface area contributed by atoms with Gasteiger partial charge in [-0.05, 0) is 18.6 Å². The van der Waals surface area contributed by atoms with Crippen molar-refractivity contribution in [1.82, 2.24) is 0 Å². The lowest BCUT2D eigenvalue weighted by Crippen LogP contribution is -2.45. The molecule has 5 nitrogen and oxygen atoms in total. The molecule has 1 N–H and O–H groups in total. The van der Waals surface area contributed by atoms with Gasteiger partial charge in [0.25, 0.3) is 0 Å².